The van der Waals surface area contributed by atoms with E-state index in [1.807, 2.05) is 36.4 Å². The monoisotopic (exact) mass is 382 g/mol. The molecule has 0 saturated carbocycles. The summed E-state index contributed by atoms with van der Waals surface area (Å²) in [7, 11) is -3.58. The van der Waals surface area contributed by atoms with Gasteiger partial charge in [-0.15, -0.1) is 0 Å². The lowest BCUT2D eigenvalue weighted by Crippen LogP contribution is -2.30. The molecule has 0 aliphatic rings. The van der Waals surface area contributed by atoms with Gasteiger partial charge in [-0.25, -0.2) is 8.42 Å². The molecule has 0 spiro atoms. The van der Waals surface area contributed by atoms with Gasteiger partial charge in [0.1, 0.15) is 0 Å². The number of nitrogens with one attached hydrogen (secondary N) is 1. The average molecular weight is 382 g/mol. The molecule has 0 radical (unpaired) electrons. The van der Waals surface area contributed by atoms with Crippen molar-refractivity contribution in [2.45, 2.75) is 18.7 Å². The number of nitrogens with zero attached hydrogens (tertiary/aromatic N) is 1. The van der Waals surface area contributed by atoms with Gasteiger partial charge in [0.25, 0.3) is 5.91 Å². The molecule has 1 N–H and O–H groups in total. The molecular weight excluding hydrogens is 360 g/mol. The van der Waals surface area contributed by atoms with E-state index in [2.05, 4.69) is 5.32 Å². The Morgan fingerprint density at radius 3 is 2.33 bits per heavy atom. The van der Waals surface area contributed by atoms with E-state index < -0.39 is 10.0 Å². The van der Waals surface area contributed by atoms with Crippen molar-refractivity contribution in [3.05, 3.63) is 72.3 Å². The van der Waals surface area contributed by atoms with Gasteiger partial charge in [0.15, 0.2) is 0 Å². The van der Waals surface area contributed by atoms with E-state index in [1.165, 1.54) is 10.4 Å². The van der Waals surface area contributed by atoms with E-state index in [0.717, 1.165) is 10.8 Å². The Labute approximate surface area is 159 Å². The maximum Gasteiger partial charge on any atom is 0.256 e. The van der Waals surface area contributed by atoms with Gasteiger partial charge in [0, 0.05) is 24.3 Å². The van der Waals surface area contributed by atoms with Gasteiger partial charge in [-0.3, -0.25) is 4.79 Å². The van der Waals surface area contributed by atoms with Gasteiger partial charge in [0.2, 0.25) is 10.0 Å². The fraction of sp³-hybridized carbons (Fsp3) is 0.190. The summed E-state index contributed by atoms with van der Waals surface area (Å²) in [6.45, 7) is 4.39. The second-order valence-corrected chi connectivity index (χ2v) is 8.04. The number of carbonyl (C=O) groups excluding carboxylic acids is 1. The summed E-state index contributed by atoms with van der Waals surface area (Å²) in [5.74, 6) is -0.274. The normalized spacial score (nSPS) is 11.7. The Kier molecular flexibility index (Phi) is 5.58. The predicted molar refractivity (Wildman–Crippen MR) is 108 cm³/mol. The number of hydrogen-bond donors (Lipinski definition) is 1. The van der Waals surface area contributed by atoms with Crippen LogP contribution in [-0.2, 0) is 10.0 Å². The van der Waals surface area contributed by atoms with Crippen LogP contribution in [0.15, 0.2) is 71.6 Å². The first kappa shape index (κ1) is 19.1. The molecule has 0 aliphatic carbocycles. The van der Waals surface area contributed by atoms with Gasteiger partial charge in [0.05, 0.1) is 4.90 Å². The smallest absolute Gasteiger partial charge is 0.256 e. The maximum absolute atomic E-state index is 12.8. The van der Waals surface area contributed by atoms with E-state index in [1.54, 1.807) is 38.1 Å². The molecule has 140 valence electrons. The minimum atomic E-state index is -3.58. The summed E-state index contributed by atoms with van der Waals surface area (Å²) in [4.78, 5) is 12.9. The lowest BCUT2D eigenvalue weighted by atomic mass is 10.0. The molecule has 5 nitrogen and oxygen atoms in total. The summed E-state index contributed by atoms with van der Waals surface area (Å²) in [5, 5.41) is 4.64. The third-order valence-corrected chi connectivity index (χ3v) is 6.52. The average Bonchev–Trinajstić information content (AvgIpc) is 2.68. The first-order chi connectivity index (χ1) is 13.0. The summed E-state index contributed by atoms with van der Waals surface area (Å²) in [5.41, 5.74) is 0.992. The number of rotatable bonds is 6. The molecule has 27 heavy (non-hydrogen) atoms. The number of sulfonamides is 1. The standard InChI is InChI=1S/C21H22N2O3S/c1-3-23(4-2)27(25,26)18-12-8-11-17(15-18)22-21(24)20-14-7-10-16-9-5-6-13-19(16)20/h5-15H,3-4H2,1-2H3,(H,22,24). The van der Waals surface area contributed by atoms with E-state index >= 15 is 0 Å². The Morgan fingerprint density at radius 1 is 0.926 bits per heavy atom. The van der Waals surface area contributed by atoms with Crippen molar-refractivity contribution in [3.8, 4) is 0 Å². The van der Waals surface area contributed by atoms with Gasteiger partial charge in [-0.1, -0.05) is 56.3 Å². The van der Waals surface area contributed by atoms with Crippen LogP contribution in [0.25, 0.3) is 10.8 Å². The third kappa shape index (κ3) is 3.86. The topological polar surface area (TPSA) is 66.5 Å². The Hall–Kier alpha value is -2.70. The van der Waals surface area contributed by atoms with Crippen LogP contribution >= 0.6 is 0 Å². The molecule has 0 heterocycles. The largest absolute Gasteiger partial charge is 0.322 e. The van der Waals surface area contributed by atoms with Gasteiger partial charge >= 0.3 is 0 Å². The molecule has 0 bridgehead atoms. The molecule has 3 rings (SSSR count). The SMILES string of the molecule is CCN(CC)S(=O)(=O)c1cccc(NC(=O)c2cccc3ccccc23)c1. The van der Waals surface area contributed by atoms with Crippen molar-refractivity contribution in [1.82, 2.24) is 4.31 Å². The highest BCUT2D eigenvalue weighted by molar-refractivity contribution is 7.89. The zero-order valence-electron chi connectivity index (χ0n) is 15.3. The van der Waals surface area contributed by atoms with Crippen molar-refractivity contribution < 1.29 is 13.2 Å². The zero-order chi connectivity index (χ0) is 19.4. The number of fused-ring (bicyclic) bond motifs is 1. The molecule has 3 aromatic carbocycles. The van der Waals surface area contributed by atoms with Crippen LogP contribution in [0.5, 0.6) is 0 Å². The van der Waals surface area contributed by atoms with Crippen molar-refractivity contribution in [3.63, 3.8) is 0 Å². The van der Waals surface area contributed by atoms with Crippen LogP contribution in [0.2, 0.25) is 0 Å². The Bertz CT molecular complexity index is 1070. The first-order valence-electron chi connectivity index (χ1n) is 8.86. The Balaban J connectivity index is 1.91. The zero-order valence-corrected chi connectivity index (χ0v) is 16.2. The minimum absolute atomic E-state index is 0.168. The molecule has 0 aliphatic heterocycles. The van der Waals surface area contributed by atoms with Crippen LogP contribution in [0.4, 0.5) is 5.69 Å². The molecule has 3 aromatic rings. The molecule has 0 atom stereocenters. The number of carbonyl (C=O) groups is 1. The molecule has 0 aromatic heterocycles. The molecular formula is C21H22N2O3S. The van der Waals surface area contributed by atoms with Crippen molar-refractivity contribution in [1.29, 1.82) is 0 Å². The highest BCUT2D eigenvalue weighted by atomic mass is 32.2. The quantitative estimate of drug-likeness (QED) is 0.697. The predicted octanol–water partition coefficient (Wildman–Crippen LogP) is 4.12. The van der Waals surface area contributed by atoms with E-state index in [4.69, 9.17) is 0 Å². The highest BCUT2D eigenvalue weighted by Gasteiger charge is 2.22. The van der Waals surface area contributed by atoms with Crippen molar-refractivity contribution in [2.75, 3.05) is 18.4 Å². The molecule has 0 fully saturated rings. The summed E-state index contributed by atoms with van der Waals surface area (Å²) in [6.07, 6.45) is 0. The van der Waals surface area contributed by atoms with E-state index in [9.17, 15) is 13.2 Å². The van der Waals surface area contributed by atoms with Crippen molar-refractivity contribution >= 4 is 32.4 Å². The van der Waals surface area contributed by atoms with E-state index in [-0.39, 0.29) is 10.8 Å². The van der Waals surface area contributed by atoms with Crippen molar-refractivity contribution in [2.24, 2.45) is 0 Å². The summed E-state index contributed by atoms with van der Waals surface area (Å²) < 4.78 is 26.8. The molecule has 0 saturated heterocycles. The lowest BCUT2D eigenvalue weighted by molar-refractivity contribution is 0.102. The maximum atomic E-state index is 12.8. The number of benzene rings is 3. The van der Waals surface area contributed by atoms with Crippen LogP contribution in [-0.4, -0.2) is 31.7 Å². The Morgan fingerprint density at radius 2 is 1.59 bits per heavy atom. The van der Waals surface area contributed by atoms with Crippen LogP contribution in [0, 0.1) is 0 Å². The minimum Gasteiger partial charge on any atom is -0.322 e. The fourth-order valence-corrected chi connectivity index (χ4v) is 4.57. The fourth-order valence-electron chi connectivity index (χ4n) is 3.07. The van der Waals surface area contributed by atoms with Gasteiger partial charge in [-0.05, 0) is 35.0 Å². The molecule has 6 heteroatoms. The van der Waals surface area contributed by atoms with E-state index in [0.29, 0.717) is 24.3 Å². The number of amides is 1. The second-order valence-electron chi connectivity index (χ2n) is 6.10. The van der Waals surface area contributed by atoms with Crippen LogP contribution < -0.4 is 5.32 Å². The van der Waals surface area contributed by atoms with Gasteiger partial charge in [-0.2, -0.15) is 4.31 Å². The van der Waals surface area contributed by atoms with Crippen LogP contribution in [0.3, 0.4) is 0 Å². The highest BCUT2D eigenvalue weighted by Crippen LogP contribution is 2.22. The van der Waals surface area contributed by atoms with Gasteiger partial charge < -0.3 is 5.32 Å². The van der Waals surface area contributed by atoms with Crippen LogP contribution in [0.1, 0.15) is 24.2 Å². The molecule has 1 amide bonds. The lowest BCUT2D eigenvalue weighted by Gasteiger charge is -2.19. The summed E-state index contributed by atoms with van der Waals surface area (Å²) in [6, 6.07) is 19.5. The second kappa shape index (κ2) is 7.90. The number of anilines is 1. The first-order valence-corrected chi connectivity index (χ1v) is 10.3. The summed E-state index contributed by atoms with van der Waals surface area (Å²) >= 11 is 0. The number of hydrogen-bond acceptors (Lipinski definition) is 3. The molecule has 0 unspecified atom stereocenters. The third-order valence-electron chi connectivity index (χ3n) is 4.47.